The summed E-state index contributed by atoms with van der Waals surface area (Å²) in [6.07, 6.45) is 6.14. The van der Waals surface area contributed by atoms with Gasteiger partial charge in [-0.2, -0.15) is 5.10 Å². The molecule has 0 radical (unpaired) electrons. The molecule has 6 heteroatoms. The highest BCUT2D eigenvalue weighted by Gasteiger charge is 2.19. The van der Waals surface area contributed by atoms with Crippen LogP contribution in [-0.4, -0.2) is 19.7 Å². The van der Waals surface area contributed by atoms with Crippen molar-refractivity contribution in [3.8, 4) is 0 Å². The van der Waals surface area contributed by atoms with E-state index in [-0.39, 0.29) is 6.04 Å². The Hall–Kier alpha value is -1.27. The second-order valence-electron chi connectivity index (χ2n) is 3.69. The zero-order valence-electron chi connectivity index (χ0n) is 9.55. The van der Waals surface area contributed by atoms with Crippen molar-refractivity contribution in [2.75, 3.05) is 0 Å². The molecule has 2 N–H and O–H groups in total. The van der Waals surface area contributed by atoms with Crippen molar-refractivity contribution in [2.24, 2.45) is 5.73 Å². The Morgan fingerprint density at radius 3 is 2.76 bits per heavy atom. The van der Waals surface area contributed by atoms with Crippen molar-refractivity contribution >= 4 is 15.9 Å². The molecule has 2 aromatic rings. The number of aromatic nitrogens is 4. The lowest BCUT2D eigenvalue weighted by Gasteiger charge is -2.13. The molecule has 0 aromatic carbocycles. The third-order valence-corrected chi connectivity index (χ3v) is 3.04. The monoisotopic (exact) mass is 295 g/mol. The van der Waals surface area contributed by atoms with E-state index in [1.54, 1.807) is 24.7 Å². The first kappa shape index (κ1) is 12.2. The molecule has 0 spiro atoms. The summed E-state index contributed by atoms with van der Waals surface area (Å²) in [7, 11) is 0. The van der Waals surface area contributed by atoms with Crippen LogP contribution in [0.2, 0.25) is 0 Å². The van der Waals surface area contributed by atoms with E-state index in [0.29, 0.717) is 5.82 Å². The van der Waals surface area contributed by atoms with Gasteiger partial charge in [0, 0.05) is 18.9 Å². The minimum atomic E-state index is -0.361. The Bertz CT molecular complexity index is 482. The van der Waals surface area contributed by atoms with Crippen molar-refractivity contribution in [3.63, 3.8) is 0 Å². The van der Waals surface area contributed by atoms with Gasteiger partial charge >= 0.3 is 0 Å². The van der Waals surface area contributed by atoms with E-state index in [4.69, 9.17) is 5.73 Å². The Kier molecular flexibility index (Phi) is 3.86. The van der Waals surface area contributed by atoms with Gasteiger partial charge in [0.05, 0.1) is 16.4 Å². The van der Waals surface area contributed by atoms with E-state index < -0.39 is 0 Å². The summed E-state index contributed by atoms with van der Waals surface area (Å²) in [5.41, 5.74) is 7.09. The maximum Gasteiger partial charge on any atom is 0.151 e. The van der Waals surface area contributed by atoms with Crippen LogP contribution in [0.5, 0.6) is 0 Å². The van der Waals surface area contributed by atoms with E-state index in [2.05, 4.69) is 37.9 Å². The van der Waals surface area contributed by atoms with Crippen molar-refractivity contribution in [1.29, 1.82) is 0 Å². The summed E-state index contributed by atoms with van der Waals surface area (Å²) < 4.78 is 2.79. The summed E-state index contributed by atoms with van der Waals surface area (Å²) in [6, 6.07) is 1.41. The van der Waals surface area contributed by atoms with Gasteiger partial charge in [0.2, 0.25) is 0 Å². The predicted octanol–water partition coefficient (Wildman–Crippen LogP) is 1.89. The fraction of sp³-hybridized carbons (Fsp3) is 0.364. The van der Waals surface area contributed by atoms with Gasteiger partial charge in [-0.15, -0.1) is 0 Å². The molecule has 5 nitrogen and oxygen atoms in total. The minimum Gasteiger partial charge on any atom is -0.316 e. The van der Waals surface area contributed by atoms with Gasteiger partial charge in [-0.3, -0.25) is 4.68 Å². The molecule has 0 aliphatic heterocycles. The number of rotatable bonds is 4. The highest BCUT2D eigenvalue weighted by atomic mass is 79.9. The highest BCUT2D eigenvalue weighted by molar-refractivity contribution is 9.10. The average Bonchev–Trinajstić information content (AvgIpc) is 2.71. The highest BCUT2D eigenvalue weighted by Crippen LogP contribution is 2.24. The quantitative estimate of drug-likeness (QED) is 0.935. The molecule has 2 rings (SSSR count). The molecule has 0 aliphatic rings. The molecule has 90 valence electrons. The fourth-order valence-corrected chi connectivity index (χ4v) is 2.21. The average molecular weight is 296 g/mol. The second-order valence-corrected chi connectivity index (χ2v) is 4.54. The lowest BCUT2D eigenvalue weighted by Crippen LogP contribution is -2.20. The van der Waals surface area contributed by atoms with Gasteiger partial charge in [-0.05, 0) is 28.4 Å². The largest absolute Gasteiger partial charge is 0.316 e. The molecule has 0 aliphatic carbocycles. The van der Waals surface area contributed by atoms with E-state index in [1.807, 2.05) is 4.68 Å². The molecule has 0 fully saturated rings. The van der Waals surface area contributed by atoms with Crippen LogP contribution < -0.4 is 5.73 Å². The Balaban J connectivity index is 2.36. The van der Waals surface area contributed by atoms with Crippen LogP contribution in [-0.2, 0) is 6.54 Å². The van der Waals surface area contributed by atoms with Crippen molar-refractivity contribution in [1.82, 2.24) is 19.7 Å². The molecule has 0 amide bonds. The number of nitrogens with two attached hydrogens (primary N) is 1. The van der Waals surface area contributed by atoms with Gasteiger partial charge in [0.1, 0.15) is 6.04 Å². The number of halogens is 1. The zero-order chi connectivity index (χ0) is 12.3. The number of nitrogens with zero attached hydrogens (tertiary/aromatic N) is 4. The first-order valence-corrected chi connectivity index (χ1v) is 6.27. The van der Waals surface area contributed by atoms with E-state index in [1.165, 1.54) is 0 Å². The third kappa shape index (κ3) is 2.53. The molecule has 0 bridgehead atoms. The molecule has 0 saturated heterocycles. The molecular weight excluding hydrogens is 282 g/mol. The smallest absolute Gasteiger partial charge is 0.151 e. The van der Waals surface area contributed by atoms with Crippen molar-refractivity contribution < 1.29 is 0 Å². The summed E-state index contributed by atoms with van der Waals surface area (Å²) >= 11 is 3.47. The first-order valence-electron chi connectivity index (χ1n) is 5.47. The van der Waals surface area contributed by atoms with Crippen LogP contribution in [0.4, 0.5) is 0 Å². The van der Waals surface area contributed by atoms with Gasteiger partial charge in [-0.25, -0.2) is 9.97 Å². The lowest BCUT2D eigenvalue weighted by atomic mass is 10.2. The standard InChI is InChI=1S/C11H14BrN5/c1-2-6-17-10(8(12)7-16-17)9(13)11-14-4-3-5-15-11/h3-5,7,9H,2,6,13H2,1H3. The Morgan fingerprint density at radius 2 is 2.12 bits per heavy atom. The molecule has 1 atom stereocenters. The normalized spacial score (nSPS) is 12.6. The third-order valence-electron chi connectivity index (χ3n) is 2.43. The van der Waals surface area contributed by atoms with Crippen molar-refractivity contribution in [3.05, 3.63) is 40.6 Å². The van der Waals surface area contributed by atoms with Gasteiger partial charge in [0.25, 0.3) is 0 Å². The Labute approximate surface area is 108 Å². The SMILES string of the molecule is CCCn1ncc(Br)c1C(N)c1ncccn1. The van der Waals surface area contributed by atoms with Crippen LogP contribution in [0, 0.1) is 0 Å². The second kappa shape index (κ2) is 5.37. The van der Waals surface area contributed by atoms with Crippen LogP contribution in [0.15, 0.2) is 29.1 Å². The van der Waals surface area contributed by atoms with Crippen LogP contribution in [0.1, 0.15) is 30.9 Å². The van der Waals surface area contributed by atoms with Gasteiger partial charge < -0.3 is 5.73 Å². The maximum absolute atomic E-state index is 6.18. The summed E-state index contributed by atoms with van der Waals surface area (Å²) in [6.45, 7) is 2.94. The van der Waals surface area contributed by atoms with Gasteiger partial charge in [0.15, 0.2) is 5.82 Å². The van der Waals surface area contributed by atoms with E-state index >= 15 is 0 Å². The topological polar surface area (TPSA) is 69.6 Å². The molecular formula is C11H14BrN5. The first-order chi connectivity index (χ1) is 8.24. The predicted molar refractivity (Wildman–Crippen MR) is 68.3 cm³/mol. The summed E-state index contributed by atoms with van der Waals surface area (Å²) in [4.78, 5) is 8.36. The molecule has 0 saturated carbocycles. The fourth-order valence-electron chi connectivity index (χ4n) is 1.66. The minimum absolute atomic E-state index is 0.361. The number of hydrogen-bond donors (Lipinski definition) is 1. The molecule has 17 heavy (non-hydrogen) atoms. The van der Waals surface area contributed by atoms with Crippen molar-refractivity contribution in [2.45, 2.75) is 25.9 Å². The van der Waals surface area contributed by atoms with Crippen LogP contribution in [0.3, 0.4) is 0 Å². The van der Waals surface area contributed by atoms with Gasteiger partial charge in [-0.1, -0.05) is 6.92 Å². The summed E-state index contributed by atoms with van der Waals surface area (Å²) in [5, 5.41) is 4.29. The maximum atomic E-state index is 6.18. The number of aryl methyl sites for hydroxylation is 1. The molecule has 1 unspecified atom stereocenters. The van der Waals surface area contributed by atoms with Crippen LogP contribution >= 0.6 is 15.9 Å². The van der Waals surface area contributed by atoms with E-state index in [9.17, 15) is 0 Å². The summed E-state index contributed by atoms with van der Waals surface area (Å²) in [5.74, 6) is 0.603. The van der Waals surface area contributed by atoms with E-state index in [0.717, 1.165) is 23.1 Å². The molecule has 2 heterocycles. The lowest BCUT2D eigenvalue weighted by molar-refractivity contribution is 0.552. The Morgan fingerprint density at radius 1 is 1.41 bits per heavy atom. The number of hydrogen-bond acceptors (Lipinski definition) is 4. The van der Waals surface area contributed by atoms with Crippen LogP contribution in [0.25, 0.3) is 0 Å². The zero-order valence-corrected chi connectivity index (χ0v) is 11.1. The molecule has 2 aromatic heterocycles.